The van der Waals surface area contributed by atoms with Gasteiger partial charge >= 0.3 is 5.97 Å². The summed E-state index contributed by atoms with van der Waals surface area (Å²) in [7, 11) is 0. The van der Waals surface area contributed by atoms with E-state index < -0.39 is 11.9 Å². The van der Waals surface area contributed by atoms with Gasteiger partial charge in [-0.2, -0.15) is 0 Å². The number of nitrogens with one attached hydrogen (secondary N) is 1. The van der Waals surface area contributed by atoms with Gasteiger partial charge in [0.25, 0.3) is 5.91 Å². The molecule has 0 aliphatic rings. The van der Waals surface area contributed by atoms with Crippen LogP contribution in [0.4, 0.5) is 5.69 Å². The molecular weight excluding hydrogens is 284 g/mol. The van der Waals surface area contributed by atoms with E-state index in [4.69, 9.17) is 16.7 Å². The number of aromatic nitrogens is 1. The van der Waals surface area contributed by atoms with Crippen LogP contribution >= 0.6 is 11.6 Å². The zero-order chi connectivity index (χ0) is 14.7. The fourth-order valence-electron chi connectivity index (χ4n) is 1.51. The monoisotopic (exact) mass is 292 g/mol. The molecule has 0 saturated heterocycles. The van der Waals surface area contributed by atoms with E-state index in [0.717, 1.165) is 6.07 Å². The summed E-state index contributed by atoms with van der Waals surface area (Å²) in [5.41, 5.74) is -0.0526. The number of carboxylic acid groups (broad SMARTS) is 1. The SMILES string of the molecule is O=C(Nc1ccc(O)cc1C(=O)O)c1ccc(Cl)cn1. The fraction of sp³-hybridized carbons (Fsp3) is 0. The molecule has 2 rings (SSSR count). The summed E-state index contributed by atoms with van der Waals surface area (Å²) >= 11 is 5.66. The molecule has 0 aliphatic heterocycles. The number of hydrogen-bond donors (Lipinski definition) is 3. The first-order chi connectivity index (χ1) is 9.47. The van der Waals surface area contributed by atoms with Gasteiger partial charge < -0.3 is 15.5 Å². The van der Waals surface area contributed by atoms with Crippen molar-refractivity contribution in [1.82, 2.24) is 4.98 Å². The van der Waals surface area contributed by atoms with Gasteiger partial charge in [-0.1, -0.05) is 11.6 Å². The first-order valence-electron chi connectivity index (χ1n) is 5.46. The van der Waals surface area contributed by atoms with Crippen molar-refractivity contribution in [1.29, 1.82) is 0 Å². The van der Waals surface area contributed by atoms with Crippen molar-refractivity contribution in [3.05, 3.63) is 52.8 Å². The molecule has 1 aromatic heterocycles. The van der Waals surface area contributed by atoms with Crippen LogP contribution in [0.15, 0.2) is 36.5 Å². The number of aromatic carboxylic acids is 1. The summed E-state index contributed by atoms with van der Waals surface area (Å²) in [4.78, 5) is 26.8. The van der Waals surface area contributed by atoms with E-state index in [1.807, 2.05) is 0 Å². The number of phenolic OH excluding ortho intramolecular Hbond substituents is 1. The predicted octanol–water partition coefficient (Wildman–Crippen LogP) is 2.39. The third-order valence-corrected chi connectivity index (χ3v) is 2.67. The lowest BCUT2D eigenvalue weighted by Gasteiger charge is -2.08. The lowest BCUT2D eigenvalue weighted by Crippen LogP contribution is -2.15. The lowest BCUT2D eigenvalue weighted by atomic mass is 10.1. The molecule has 0 aliphatic carbocycles. The Hall–Kier alpha value is -2.60. The fourth-order valence-corrected chi connectivity index (χ4v) is 1.63. The number of amides is 1. The highest BCUT2D eigenvalue weighted by Crippen LogP contribution is 2.22. The largest absolute Gasteiger partial charge is 0.508 e. The van der Waals surface area contributed by atoms with E-state index in [0.29, 0.717) is 5.02 Å². The van der Waals surface area contributed by atoms with E-state index in [9.17, 15) is 14.7 Å². The van der Waals surface area contributed by atoms with Gasteiger partial charge in [-0.3, -0.25) is 4.79 Å². The maximum Gasteiger partial charge on any atom is 0.337 e. The summed E-state index contributed by atoms with van der Waals surface area (Å²) in [5.74, 6) is -2.04. The molecule has 0 unspecified atom stereocenters. The zero-order valence-corrected chi connectivity index (χ0v) is 10.8. The normalized spacial score (nSPS) is 10.1. The number of hydrogen-bond acceptors (Lipinski definition) is 4. The maximum absolute atomic E-state index is 11.9. The zero-order valence-electron chi connectivity index (χ0n) is 10.0. The second kappa shape index (κ2) is 5.58. The highest BCUT2D eigenvalue weighted by Gasteiger charge is 2.15. The van der Waals surface area contributed by atoms with E-state index in [1.165, 1.54) is 30.5 Å². The summed E-state index contributed by atoms with van der Waals surface area (Å²) in [6.07, 6.45) is 1.31. The number of phenols is 1. The van der Waals surface area contributed by atoms with Crippen LogP contribution in [0.3, 0.4) is 0 Å². The van der Waals surface area contributed by atoms with Crippen molar-refractivity contribution >= 4 is 29.2 Å². The van der Waals surface area contributed by atoms with Crippen LogP contribution in [0.25, 0.3) is 0 Å². The average molecular weight is 293 g/mol. The third kappa shape index (κ3) is 3.04. The van der Waals surface area contributed by atoms with Crippen LogP contribution in [-0.2, 0) is 0 Å². The minimum absolute atomic E-state index is 0.0667. The summed E-state index contributed by atoms with van der Waals surface area (Å²) < 4.78 is 0. The first kappa shape index (κ1) is 13.8. The van der Waals surface area contributed by atoms with E-state index >= 15 is 0 Å². The van der Waals surface area contributed by atoms with Crippen LogP contribution in [-0.4, -0.2) is 27.1 Å². The van der Waals surface area contributed by atoms with Gasteiger partial charge in [0.05, 0.1) is 16.3 Å². The number of halogens is 1. The standard InChI is InChI=1S/C13H9ClN2O4/c14-7-1-3-11(15-6-7)12(18)16-10-4-2-8(17)5-9(10)13(19)20/h1-6,17H,(H,16,18)(H,19,20). The highest BCUT2D eigenvalue weighted by molar-refractivity contribution is 6.30. The molecule has 6 nitrogen and oxygen atoms in total. The third-order valence-electron chi connectivity index (χ3n) is 2.44. The van der Waals surface area contributed by atoms with E-state index in [2.05, 4.69) is 10.3 Å². The molecule has 0 saturated carbocycles. The molecule has 0 radical (unpaired) electrons. The van der Waals surface area contributed by atoms with Crippen molar-refractivity contribution in [3.63, 3.8) is 0 Å². The Balaban J connectivity index is 2.28. The second-order valence-corrected chi connectivity index (χ2v) is 4.29. The summed E-state index contributed by atoms with van der Waals surface area (Å²) in [6.45, 7) is 0. The topological polar surface area (TPSA) is 99.5 Å². The number of aromatic hydroxyl groups is 1. The highest BCUT2D eigenvalue weighted by atomic mass is 35.5. The molecule has 2 aromatic rings. The van der Waals surface area contributed by atoms with Crippen molar-refractivity contribution in [3.8, 4) is 5.75 Å². The quantitative estimate of drug-likeness (QED) is 0.754. The number of pyridine rings is 1. The predicted molar refractivity (Wildman–Crippen MR) is 72.3 cm³/mol. The Bertz CT molecular complexity index is 671. The van der Waals surface area contributed by atoms with Gasteiger partial charge in [0.2, 0.25) is 0 Å². The molecule has 20 heavy (non-hydrogen) atoms. The van der Waals surface area contributed by atoms with Crippen molar-refractivity contribution in [2.45, 2.75) is 0 Å². The number of rotatable bonds is 3. The van der Waals surface area contributed by atoms with Crippen LogP contribution in [0.2, 0.25) is 5.02 Å². The molecule has 1 amide bonds. The van der Waals surface area contributed by atoms with Crippen LogP contribution < -0.4 is 5.32 Å². The molecule has 0 spiro atoms. The Morgan fingerprint density at radius 3 is 2.55 bits per heavy atom. The van der Waals surface area contributed by atoms with Gasteiger partial charge in [-0.15, -0.1) is 0 Å². The maximum atomic E-state index is 11.9. The van der Waals surface area contributed by atoms with Crippen molar-refractivity contribution < 1.29 is 19.8 Å². The van der Waals surface area contributed by atoms with Gasteiger partial charge in [0.1, 0.15) is 11.4 Å². The molecule has 1 aromatic carbocycles. The molecule has 102 valence electrons. The van der Waals surface area contributed by atoms with Crippen molar-refractivity contribution in [2.75, 3.05) is 5.32 Å². The van der Waals surface area contributed by atoms with Gasteiger partial charge in [0.15, 0.2) is 0 Å². The molecule has 0 bridgehead atoms. The van der Waals surface area contributed by atoms with E-state index in [1.54, 1.807) is 0 Å². The smallest absolute Gasteiger partial charge is 0.337 e. The Morgan fingerprint density at radius 2 is 1.95 bits per heavy atom. The minimum Gasteiger partial charge on any atom is -0.508 e. The summed E-state index contributed by atoms with van der Waals surface area (Å²) in [6, 6.07) is 6.54. The number of benzene rings is 1. The molecular formula is C13H9ClN2O4. The number of carboxylic acids is 1. The average Bonchev–Trinajstić information content (AvgIpc) is 2.41. The van der Waals surface area contributed by atoms with Gasteiger partial charge in [-0.05, 0) is 30.3 Å². The first-order valence-corrected chi connectivity index (χ1v) is 5.84. The van der Waals surface area contributed by atoms with Gasteiger partial charge in [-0.25, -0.2) is 9.78 Å². The Kier molecular flexibility index (Phi) is 3.86. The van der Waals surface area contributed by atoms with Gasteiger partial charge in [0, 0.05) is 6.20 Å². The molecule has 0 atom stereocenters. The molecule has 7 heteroatoms. The lowest BCUT2D eigenvalue weighted by molar-refractivity contribution is 0.0697. The van der Waals surface area contributed by atoms with Crippen molar-refractivity contribution in [2.24, 2.45) is 0 Å². The number of anilines is 1. The number of carbonyl (C=O) groups excluding carboxylic acids is 1. The number of nitrogens with zero attached hydrogens (tertiary/aromatic N) is 1. The van der Waals surface area contributed by atoms with Crippen LogP contribution in [0.1, 0.15) is 20.8 Å². The molecule has 1 heterocycles. The van der Waals surface area contributed by atoms with Crippen LogP contribution in [0.5, 0.6) is 5.75 Å². The Morgan fingerprint density at radius 1 is 1.20 bits per heavy atom. The molecule has 0 fully saturated rings. The van der Waals surface area contributed by atoms with E-state index in [-0.39, 0.29) is 22.7 Å². The van der Waals surface area contributed by atoms with Crippen LogP contribution in [0, 0.1) is 0 Å². The molecule has 3 N–H and O–H groups in total. The second-order valence-electron chi connectivity index (χ2n) is 3.85. The Labute approximate surface area is 118 Å². The number of carbonyl (C=O) groups is 2. The minimum atomic E-state index is -1.26. The summed E-state index contributed by atoms with van der Waals surface area (Å²) in [5, 5.41) is 21.1.